The van der Waals surface area contributed by atoms with Gasteiger partial charge in [0.25, 0.3) is 0 Å². The Morgan fingerprint density at radius 3 is 2.29 bits per heavy atom. The summed E-state index contributed by atoms with van der Waals surface area (Å²) in [4.78, 5) is 23.4. The molecule has 0 aromatic heterocycles. The summed E-state index contributed by atoms with van der Waals surface area (Å²) in [5.41, 5.74) is 0. The van der Waals surface area contributed by atoms with Crippen LogP contribution in [0.3, 0.4) is 0 Å². The van der Waals surface area contributed by atoms with E-state index in [1.807, 2.05) is 0 Å². The monoisotopic (exact) mass is 203 g/mol. The van der Waals surface area contributed by atoms with Crippen LogP contribution >= 0.6 is 0 Å². The van der Waals surface area contributed by atoms with Gasteiger partial charge in [-0.05, 0) is 0 Å². The molecule has 0 saturated carbocycles. The minimum Gasteiger partial charge on any atom is -0.469 e. The highest BCUT2D eigenvalue weighted by molar-refractivity contribution is 5.74. The topological polar surface area (TPSA) is 55.8 Å². The molecule has 0 atom stereocenters. The van der Waals surface area contributed by atoms with E-state index < -0.39 is 0 Å². The second kappa shape index (κ2) is 7.32. The summed E-state index contributed by atoms with van der Waals surface area (Å²) in [6.07, 6.45) is 0.222. The molecule has 0 radical (unpaired) electrons. The van der Waals surface area contributed by atoms with Crippen LogP contribution in [-0.2, 0) is 19.1 Å². The number of carbonyl (C=O) groups excluding carboxylic acids is 2. The first kappa shape index (κ1) is 12.9. The zero-order chi connectivity index (χ0) is 11.0. The number of methoxy groups -OCH3 is 2. The molecule has 5 nitrogen and oxygen atoms in total. The quantitative estimate of drug-likeness (QED) is 0.572. The van der Waals surface area contributed by atoms with Gasteiger partial charge in [0, 0.05) is 27.1 Å². The molecule has 0 saturated heterocycles. The van der Waals surface area contributed by atoms with Gasteiger partial charge in [-0.1, -0.05) is 0 Å². The molecule has 0 aliphatic carbocycles. The molecule has 0 rings (SSSR count). The molecule has 82 valence electrons. The average Bonchev–Trinajstić information content (AvgIpc) is 2.16. The average molecular weight is 203 g/mol. The van der Waals surface area contributed by atoms with E-state index in [9.17, 15) is 9.59 Å². The Hall–Kier alpha value is -1.10. The van der Waals surface area contributed by atoms with Crippen LogP contribution in [0.1, 0.15) is 13.3 Å². The van der Waals surface area contributed by atoms with Gasteiger partial charge in [-0.25, -0.2) is 0 Å². The van der Waals surface area contributed by atoms with Gasteiger partial charge in [-0.15, -0.1) is 0 Å². The molecule has 0 aliphatic rings. The number of amides is 1. The molecule has 0 N–H and O–H groups in total. The van der Waals surface area contributed by atoms with Crippen LogP contribution in [0.2, 0.25) is 0 Å². The minimum absolute atomic E-state index is 0.0639. The highest BCUT2D eigenvalue weighted by atomic mass is 16.5. The molecule has 0 fully saturated rings. The van der Waals surface area contributed by atoms with Gasteiger partial charge in [0.05, 0.1) is 20.1 Å². The van der Waals surface area contributed by atoms with Gasteiger partial charge in [0.15, 0.2) is 0 Å². The molecule has 0 aliphatic heterocycles. The largest absolute Gasteiger partial charge is 0.469 e. The van der Waals surface area contributed by atoms with Crippen molar-refractivity contribution in [2.24, 2.45) is 0 Å². The molecule has 0 unspecified atom stereocenters. The van der Waals surface area contributed by atoms with Gasteiger partial charge in [0.2, 0.25) is 5.91 Å². The molecular weight excluding hydrogens is 186 g/mol. The Balaban J connectivity index is 3.84. The van der Waals surface area contributed by atoms with Crippen LogP contribution in [0.15, 0.2) is 0 Å². The number of rotatable bonds is 6. The fourth-order valence-corrected chi connectivity index (χ4v) is 0.956. The van der Waals surface area contributed by atoms with Gasteiger partial charge in [-0.3, -0.25) is 9.59 Å². The lowest BCUT2D eigenvalue weighted by Crippen LogP contribution is -2.33. The van der Waals surface area contributed by atoms with Crippen molar-refractivity contribution >= 4 is 11.9 Å². The number of carbonyl (C=O) groups is 2. The van der Waals surface area contributed by atoms with Crippen LogP contribution < -0.4 is 0 Å². The maximum atomic E-state index is 11.1. The van der Waals surface area contributed by atoms with Crippen LogP contribution in [0.5, 0.6) is 0 Å². The minimum atomic E-state index is -0.311. The lowest BCUT2D eigenvalue weighted by atomic mass is 10.3. The van der Waals surface area contributed by atoms with Crippen molar-refractivity contribution in [1.82, 2.24) is 4.90 Å². The Bertz CT molecular complexity index is 193. The van der Waals surface area contributed by atoms with Crippen LogP contribution in [0.4, 0.5) is 0 Å². The first-order valence-electron chi connectivity index (χ1n) is 4.43. The predicted molar refractivity (Wildman–Crippen MR) is 50.8 cm³/mol. The van der Waals surface area contributed by atoms with E-state index in [0.717, 1.165) is 0 Å². The highest BCUT2D eigenvalue weighted by Gasteiger charge is 2.10. The molecule has 0 bridgehead atoms. The summed E-state index contributed by atoms with van der Waals surface area (Å²) in [6.45, 7) is 2.82. The van der Waals surface area contributed by atoms with E-state index in [4.69, 9.17) is 4.74 Å². The van der Waals surface area contributed by atoms with E-state index in [1.54, 1.807) is 12.0 Å². The standard InChI is InChI=1S/C9H17NO4/c1-8(11)10(6-7-13-2)5-4-9(12)14-3/h4-7H2,1-3H3. The highest BCUT2D eigenvalue weighted by Crippen LogP contribution is 1.94. The molecule has 0 aromatic carbocycles. The maximum absolute atomic E-state index is 11.1. The zero-order valence-corrected chi connectivity index (χ0v) is 8.91. The third-order valence-corrected chi connectivity index (χ3v) is 1.82. The number of nitrogens with zero attached hydrogens (tertiary/aromatic N) is 1. The van der Waals surface area contributed by atoms with Crippen LogP contribution in [-0.4, -0.2) is 50.7 Å². The van der Waals surface area contributed by atoms with Crippen molar-refractivity contribution in [2.75, 3.05) is 33.9 Å². The normalized spacial score (nSPS) is 9.64. The summed E-state index contributed by atoms with van der Waals surface area (Å²) >= 11 is 0. The second-order valence-corrected chi connectivity index (χ2v) is 2.82. The summed E-state index contributed by atoms with van der Waals surface area (Å²) in [6, 6.07) is 0. The van der Waals surface area contributed by atoms with E-state index in [0.29, 0.717) is 19.7 Å². The first-order chi connectivity index (χ1) is 6.61. The SMILES string of the molecule is COCCN(CCC(=O)OC)C(C)=O. The third kappa shape index (κ3) is 5.53. The predicted octanol–water partition coefficient (Wildman–Crippen LogP) is 0.0444. The summed E-state index contributed by atoms with van der Waals surface area (Å²) < 4.78 is 9.32. The lowest BCUT2D eigenvalue weighted by Gasteiger charge is -2.19. The number of hydrogen-bond donors (Lipinski definition) is 0. The van der Waals surface area contributed by atoms with Crippen molar-refractivity contribution < 1.29 is 19.1 Å². The Kier molecular flexibility index (Phi) is 6.74. The molecule has 5 heteroatoms. The van der Waals surface area contributed by atoms with Crippen molar-refractivity contribution in [3.8, 4) is 0 Å². The van der Waals surface area contributed by atoms with Crippen LogP contribution in [0.25, 0.3) is 0 Å². The molecule has 0 heterocycles. The van der Waals surface area contributed by atoms with Crippen molar-refractivity contribution in [3.63, 3.8) is 0 Å². The van der Waals surface area contributed by atoms with Gasteiger partial charge < -0.3 is 14.4 Å². The number of esters is 1. The van der Waals surface area contributed by atoms with Gasteiger partial charge in [0.1, 0.15) is 0 Å². The Morgan fingerprint density at radius 1 is 1.21 bits per heavy atom. The van der Waals surface area contributed by atoms with E-state index in [2.05, 4.69) is 4.74 Å². The summed E-state index contributed by atoms with van der Waals surface area (Å²) in [5.74, 6) is -0.375. The number of hydrogen-bond acceptors (Lipinski definition) is 4. The van der Waals surface area contributed by atoms with Crippen molar-refractivity contribution in [1.29, 1.82) is 0 Å². The number of ether oxygens (including phenoxy) is 2. The Labute approximate surface area is 84.0 Å². The maximum Gasteiger partial charge on any atom is 0.307 e. The van der Waals surface area contributed by atoms with Crippen molar-refractivity contribution in [3.05, 3.63) is 0 Å². The molecule has 0 aromatic rings. The second-order valence-electron chi connectivity index (χ2n) is 2.82. The summed E-state index contributed by atoms with van der Waals surface area (Å²) in [7, 11) is 2.90. The molecular formula is C9H17NO4. The fourth-order valence-electron chi connectivity index (χ4n) is 0.956. The van der Waals surface area contributed by atoms with Crippen molar-refractivity contribution in [2.45, 2.75) is 13.3 Å². The van der Waals surface area contributed by atoms with Gasteiger partial charge in [-0.2, -0.15) is 0 Å². The molecule has 14 heavy (non-hydrogen) atoms. The van der Waals surface area contributed by atoms with E-state index >= 15 is 0 Å². The summed E-state index contributed by atoms with van der Waals surface area (Å²) in [5, 5.41) is 0. The lowest BCUT2D eigenvalue weighted by molar-refractivity contribution is -0.141. The van der Waals surface area contributed by atoms with Gasteiger partial charge >= 0.3 is 5.97 Å². The fraction of sp³-hybridized carbons (Fsp3) is 0.778. The third-order valence-electron chi connectivity index (χ3n) is 1.82. The Morgan fingerprint density at radius 2 is 1.86 bits per heavy atom. The molecule has 1 amide bonds. The molecule has 0 spiro atoms. The zero-order valence-electron chi connectivity index (χ0n) is 8.91. The van der Waals surface area contributed by atoms with Crippen LogP contribution in [0, 0.1) is 0 Å². The smallest absolute Gasteiger partial charge is 0.307 e. The van der Waals surface area contributed by atoms with E-state index in [-0.39, 0.29) is 18.3 Å². The van der Waals surface area contributed by atoms with E-state index in [1.165, 1.54) is 14.0 Å². The first-order valence-corrected chi connectivity index (χ1v) is 4.43.